The molecule has 0 radical (unpaired) electrons. The predicted octanol–water partition coefficient (Wildman–Crippen LogP) is 3.64. The van der Waals surface area contributed by atoms with Gasteiger partial charge in [-0.1, -0.05) is 6.07 Å². The second-order valence-corrected chi connectivity index (χ2v) is 6.51. The second kappa shape index (κ2) is 5.71. The molecule has 0 aliphatic heterocycles. The van der Waals surface area contributed by atoms with E-state index < -0.39 is 0 Å². The van der Waals surface area contributed by atoms with Crippen LogP contribution < -0.4 is 9.64 Å². The highest BCUT2D eigenvalue weighted by Crippen LogP contribution is 2.23. The molecule has 0 aliphatic rings. The van der Waals surface area contributed by atoms with Gasteiger partial charge in [0.25, 0.3) is 5.91 Å². The van der Waals surface area contributed by atoms with E-state index >= 15 is 0 Å². The van der Waals surface area contributed by atoms with E-state index in [1.807, 2.05) is 35.7 Å². The molecule has 1 amide bonds. The first kappa shape index (κ1) is 13.4. The molecule has 0 fully saturated rings. The summed E-state index contributed by atoms with van der Waals surface area (Å²) >= 11 is 3.78. The number of carbonyl (C=O) groups is 1. The van der Waals surface area contributed by atoms with Crippen LogP contribution in [0.5, 0.6) is 5.75 Å². The van der Waals surface area contributed by atoms with Gasteiger partial charge >= 0.3 is 0 Å². The number of nitrogens with zero attached hydrogens (tertiary/aromatic N) is 1. The van der Waals surface area contributed by atoms with Crippen molar-refractivity contribution in [3.05, 3.63) is 44.2 Å². The summed E-state index contributed by atoms with van der Waals surface area (Å²) in [6.07, 6.45) is 0. The van der Waals surface area contributed by atoms with Crippen molar-refractivity contribution in [1.82, 2.24) is 0 Å². The molecule has 0 atom stereocenters. The largest absolute Gasteiger partial charge is 0.497 e. The lowest BCUT2D eigenvalue weighted by Crippen LogP contribution is -2.25. The molecule has 1 heterocycles. The Labute approximate surface area is 124 Å². The van der Waals surface area contributed by atoms with Gasteiger partial charge in [0, 0.05) is 24.2 Å². The minimum absolute atomic E-state index is 0.0116. The van der Waals surface area contributed by atoms with E-state index in [0.717, 1.165) is 19.9 Å². The first-order valence-electron chi connectivity index (χ1n) is 5.28. The number of hydrogen-bond acceptors (Lipinski definition) is 3. The third-order valence-corrected chi connectivity index (χ3v) is 4.35. The molecule has 5 heteroatoms. The van der Waals surface area contributed by atoms with Gasteiger partial charge in [-0.25, -0.2) is 0 Å². The van der Waals surface area contributed by atoms with Crippen LogP contribution in [0.1, 0.15) is 10.4 Å². The van der Waals surface area contributed by atoms with Crippen LogP contribution in [-0.4, -0.2) is 20.1 Å². The van der Waals surface area contributed by atoms with Crippen LogP contribution in [-0.2, 0) is 0 Å². The topological polar surface area (TPSA) is 29.5 Å². The lowest BCUT2D eigenvalue weighted by molar-refractivity contribution is 0.0993. The van der Waals surface area contributed by atoms with Crippen LogP contribution in [0.2, 0.25) is 0 Å². The van der Waals surface area contributed by atoms with Gasteiger partial charge in [0.05, 0.1) is 15.6 Å². The summed E-state index contributed by atoms with van der Waals surface area (Å²) in [5, 5.41) is 1.88. The highest BCUT2D eigenvalue weighted by Gasteiger charge is 2.15. The number of methoxy groups -OCH3 is 1. The Morgan fingerprint density at radius 3 is 2.78 bits per heavy atom. The van der Waals surface area contributed by atoms with E-state index in [-0.39, 0.29) is 5.91 Å². The molecular weight excluding hydrogens is 361 g/mol. The van der Waals surface area contributed by atoms with Crippen LogP contribution in [0.3, 0.4) is 0 Å². The lowest BCUT2D eigenvalue weighted by atomic mass is 10.2. The number of carbonyl (C=O) groups excluding carboxylic acids is 1. The van der Waals surface area contributed by atoms with Crippen molar-refractivity contribution in [1.29, 1.82) is 0 Å². The molecule has 1 aromatic carbocycles. The Morgan fingerprint density at radius 1 is 1.39 bits per heavy atom. The average molecular weight is 373 g/mol. The third-order valence-electron chi connectivity index (χ3n) is 2.56. The number of benzene rings is 1. The molecular formula is C13H12INO2S. The maximum Gasteiger partial charge on any atom is 0.258 e. The minimum Gasteiger partial charge on any atom is -0.497 e. The van der Waals surface area contributed by atoms with Gasteiger partial charge in [-0.05, 0) is 40.8 Å². The molecule has 3 nitrogen and oxygen atoms in total. The van der Waals surface area contributed by atoms with E-state index in [2.05, 4.69) is 22.6 Å². The van der Waals surface area contributed by atoms with Crippen molar-refractivity contribution >= 4 is 45.5 Å². The van der Waals surface area contributed by atoms with Crippen LogP contribution in [0.15, 0.2) is 35.7 Å². The summed E-state index contributed by atoms with van der Waals surface area (Å²) < 4.78 is 6.26. The van der Waals surface area contributed by atoms with Gasteiger partial charge in [-0.2, -0.15) is 0 Å². The molecule has 0 saturated carbocycles. The molecule has 0 aliphatic carbocycles. The van der Waals surface area contributed by atoms with Crippen molar-refractivity contribution in [2.24, 2.45) is 0 Å². The van der Waals surface area contributed by atoms with Crippen LogP contribution in [0, 0.1) is 2.88 Å². The Balaban J connectivity index is 2.25. The van der Waals surface area contributed by atoms with E-state index in [0.29, 0.717) is 0 Å². The zero-order chi connectivity index (χ0) is 13.1. The van der Waals surface area contributed by atoms with E-state index in [4.69, 9.17) is 4.74 Å². The number of amides is 1. The SMILES string of the molecule is COc1cccc(N(C)C(=O)c2csc(I)c2)c1. The van der Waals surface area contributed by atoms with Crippen molar-refractivity contribution in [3.8, 4) is 5.75 Å². The fourth-order valence-corrected chi connectivity index (χ4v) is 2.87. The molecule has 0 saturated heterocycles. The summed E-state index contributed by atoms with van der Waals surface area (Å²) in [5.41, 5.74) is 1.54. The molecule has 2 rings (SSSR count). The van der Waals surface area contributed by atoms with Crippen molar-refractivity contribution < 1.29 is 9.53 Å². The smallest absolute Gasteiger partial charge is 0.258 e. The number of anilines is 1. The fourth-order valence-electron chi connectivity index (χ4n) is 1.55. The summed E-state index contributed by atoms with van der Waals surface area (Å²) in [6.45, 7) is 0. The molecule has 18 heavy (non-hydrogen) atoms. The summed E-state index contributed by atoms with van der Waals surface area (Å²) in [4.78, 5) is 13.9. The van der Waals surface area contributed by atoms with Gasteiger partial charge in [0.2, 0.25) is 0 Å². The Kier molecular flexibility index (Phi) is 4.23. The molecule has 0 bridgehead atoms. The Hall–Kier alpha value is -1.08. The average Bonchev–Trinajstić information content (AvgIpc) is 2.83. The van der Waals surface area contributed by atoms with Crippen LogP contribution in [0.25, 0.3) is 0 Å². The maximum absolute atomic E-state index is 12.2. The van der Waals surface area contributed by atoms with E-state index in [1.165, 1.54) is 0 Å². The van der Waals surface area contributed by atoms with Crippen LogP contribution in [0.4, 0.5) is 5.69 Å². The van der Waals surface area contributed by atoms with Crippen molar-refractivity contribution in [3.63, 3.8) is 0 Å². The van der Waals surface area contributed by atoms with Crippen LogP contribution >= 0.6 is 33.9 Å². The first-order chi connectivity index (χ1) is 8.61. The molecule has 94 valence electrons. The van der Waals surface area contributed by atoms with Crippen molar-refractivity contribution in [2.45, 2.75) is 0 Å². The van der Waals surface area contributed by atoms with Gasteiger partial charge < -0.3 is 9.64 Å². The normalized spacial score (nSPS) is 10.2. The van der Waals surface area contributed by atoms with E-state index in [1.54, 1.807) is 30.4 Å². The lowest BCUT2D eigenvalue weighted by Gasteiger charge is -2.17. The zero-order valence-electron chi connectivity index (χ0n) is 10.0. The summed E-state index contributed by atoms with van der Waals surface area (Å²) in [6, 6.07) is 9.35. The number of ether oxygens (including phenoxy) is 1. The molecule has 0 unspecified atom stereocenters. The summed E-state index contributed by atoms with van der Waals surface area (Å²) in [7, 11) is 3.38. The highest BCUT2D eigenvalue weighted by atomic mass is 127. The van der Waals surface area contributed by atoms with E-state index in [9.17, 15) is 4.79 Å². The van der Waals surface area contributed by atoms with Crippen molar-refractivity contribution in [2.75, 3.05) is 19.1 Å². The monoisotopic (exact) mass is 373 g/mol. The predicted molar refractivity (Wildman–Crippen MR) is 82.8 cm³/mol. The van der Waals surface area contributed by atoms with Gasteiger partial charge in [-0.15, -0.1) is 11.3 Å². The first-order valence-corrected chi connectivity index (χ1v) is 7.24. The second-order valence-electron chi connectivity index (χ2n) is 3.71. The molecule has 2 aromatic rings. The quantitative estimate of drug-likeness (QED) is 0.769. The number of thiophene rings is 1. The standard InChI is InChI=1S/C13H12INO2S/c1-15(10-4-3-5-11(7-10)17-2)13(16)9-6-12(14)18-8-9/h3-8H,1-2H3. The number of halogens is 1. The minimum atomic E-state index is -0.0116. The van der Waals surface area contributed by atoms with Gasteiger partial charge in [0.1, 0.15) is 5.75 Å². The number of hydrogen-bond donors (Lipinski definition) is 0. The molecule has 0 spiro atoms. The van der Waals surface area contributed by atoms with Gasteiger partial charge in [-0.3, -0.25) is 4.79 Å². The number of rotatable bonds is 3. The summed E-state index contributed by atoms with van der Waals surface area (Å²) in [5.74, 6) is 0.731. The molecule has 1 aromatic heterocycles. The third kappa shape index (κ3) is 2.84. The van der Waals surface area contributed by atoms with Gasteiger partial charge in [0.15, 0.2) is 0 Å². The highest BCUT2D eigenvalue weighted by molar-refractivity contribution is 14.1. The maximum atomic E-state index is 12.2. The molecule has 0 N–H and O–H groups in total. The zero-order valence-corrected chi connectivity index (χ0v) is 13.0. The fraction of sp³-hybridized carbons (Fsp3) is 0.154. The Morgan fingerprint density at radius 2 is 2.17 bits per heavy atom. The Bertz CT molecular complexity index is 568.